The molecule has 0 spiro atoms. The predicted octanol–water partition coefficient (Wildman–Crippen LogP) is 6.02. The predicted molar refractivity (Wildman–Crippen MR) is 143 cm³/mol. The summed E-state index contributed by atoms with van der Waals surface area (Å²) in [5.41, 5.74) is 5.70. The minimum atomic E-state index is -0.541. The SMILES string of the molecule is CC1=C(C(=O)OCCc2ccccc2)[C@@H](c2ccccc2OCc2ccccc2)C2=C(CCCC2=O)N1. The van der Waals surface area contributed by atoms with Crippen LogP contribution in [0.5, 0.6) is 5.75 Å². The summed E-state index contributed by atoms with van der Waals surface area (Å²) in [7, 11) is 0. The third-order valence-corrected chi connectivity index (χ3v) is 6.93. The standard InChI is InChI=1S/C32H31NO4/c1-22-29(32(35)36-20-19-23-11-4-2-5-12-23)30(31-26(33-22)16-10-17-27(31)34)25-15-8-9-18-28(25)37-21-24-13-6-3-7-14-24/h2-9,11-15,18,30,33H,10,16-17,19-21H2,1H3/t30-/m1/s1. The van der Waals surface area contributed by atoms with Crippen molar-refractivity contribution in [3.63, 3.8) is 0 Å². The number of nitrogens with one attached hydrogen (secondary N) is 1. The van der Waals surface area contributed by atoms with Crippen LogP contribution in [0.2, 0.25) is 0 Å². The van der Waals surface area contributed by atoms with Crippen LogP contribution in [0.25, 0.3) is 0 Å². The van der Waals surface area contributed by atoms with Crippen molar-refractivity contribution in [2.45, 2.75) is 45.1 Å². The van der Waals surface area contributed by atoms with E-state index in [0.29, 0.717) is 36.3 Å². The number of ether oxygens (including phenoxy) is 2. The van der Waals surface area contributed by atoms with Crippen molar-refractivity contribution in [2.75, 3.05) is 6.61 Å². The fraction of sp³-hybridized carbons (Fsp3) is 0.250. The lowest BCUT2D eigenvalue weighted by Crippen LogP contribution is -2.34. The van der Waals surface area contributed by atoms with E-state index in [9.17, 15) is 9.59 Å². The van der Waals surface area contributed by atoms with Gasteiger partial charge >= 0.3 is 5.97 Å². The lowest BCUT2D eigenvalue weighted by Gasteiger charge is -2.34. The lowest BCUT2D eigenvalue weighted by atomic mass is 9.75. The Hall–Kier alpha value is -4.12. The number of esters is 1. The highest BCUT2D eigenvalue weighted by Gasteiger charge is 2.40. The van der Waals surface area contributed by atoms with Gasteiger partial charge in [-0.2, -0.15) is 0 Å². The van der Waals surface area contributed by atoms with E-state index in [1.54, 1.807) is 0 Å². The molecule has 3 aromatic rings. The average Bonchev–Trinajstić information content (AvgIpc) is 2.92. The van der Waals surface area contributed by atoms with E-state index >= 15 is 0 Å². The van der Waals surface area contributed by atoms with Crippen molar-refractivity contribution in [1.29, 1.82) is 0 Å². The minimum absolute atomic E-state index is 0.0682. The summed E-state index contributed by atoms with van der Waals surface area (Å²) in [4.78, 5) is 26.8. The zero-order valence-corrected chi connectivity index (χ0v) is 21.0. The molecule has 0 saturated heterocycles. The van der Waals surface area contributed by atoms with Gasteiger partial charge in [-0.1, -0.05) is 78.9 Å². The van der Waals surface area contributed by atoms with Crippen LogP contribution in [-0.4, -0.2) is 18.4 Å². The van der Waals surface area contributed by atoms with Gasteiger partial charge in [-0.05, 0) is 37.0 Å². The number of carbonyl (C=O) groups is 2. The van der Waals surface area contributed by atoms with Gasteiger partial charge in [-0.25, -0.2) is 4.79 Å². The highest BCUT2D eigenvalue weighted by atomic mass is 16.5. The molecule has 0 radical (unpaired) electrons. The molecule has 0 amide bonds. The molecule has 5 nitrogen and oxygen atoms in total. The fourth-order valence-electron chi connectivity index (χ4n) is 5.13. The molecule has 188 valence electrons. The maximum atomic E-state index is 13.6. The van der Waals surface area contributed by atoms with E-state index in [1.807, 2.05) is 91.9 Å². The number of ketones is 1. The Morgan fingerprint density at radius 3 is 2.32 bits per heavy atom. The number of hydrogen-bond acceptors (Lipinski definition) is 5. The van der Waals surface area contributed by atoms with E-state index in [-0.39, 0.29) is 12.4 Å². The Labute approximate surface area is 217 Å². The van der Waals surface area contributed by atoms with Crippen molar-refractivity contribution in [1.82, 2.24) is 5.32 Å². The molecular weight excluding hydrogens is 462 g/mol. The van der Waals surface area contributed by atoms with Crippen LogP contribution < -0.4 is 10.1 Å². The molecule has 5 rings (SSSR count). The number of dihydropyridines is 1. The van der Waals surface area contributed by atoms with Crippen molar-refractivity contribution >= 4 is 11.8 Å². The molecule has 0 fully saturated rings. The highest BCUT2D eigenvalue weighted by molar-refractivity contribution is 6.04. The summed E-state index contributed by atoms with van der Waals surface area (Å²) in [6.07, 6.45) is 2.67. The van der Waals surface area contributed by atoms with E-state index in [1.165, 1.54) is 0 Å². The number of allylic oxidation sites excluding steroid dienone is 3. The number of hydrogen-bond donors (Lipinski definition) is 1. The van der Waals surface area contributed by atoms with Gasteiger partial charge in [-0.15, -0.1) is 0 Å². The summed E-state index contributed by atoms with van der Waals surface area (Å²) in [6.45, 7) is 2.54. The third-order valence-electron chi connectivity index (χ3n) is 6.93. The molecule has 1 heterocycles. The van der Waals surface area contributed by atoms with Gasteiger partial charge in [0.1, 0.15) is 12.4 Å². The molecule has 0 bridgehead atoms. The lowest BCUT2D eigenvalue weighted by molar-refractivity contribution is -0.139. The van der Waals surface area contributed by atoms with Crippen molar-refractivity contribution in [3.05, 3.63) is 124 Å². The Kier molecular flexibility index (Phi) is 7.50. The van der Waals surface area contributed by atoms with Crippen LogP contribution in [0, 0.1) is 0 Å². The summed E-state index contributed by atoms with van der Waals surface area (Å²) >= 11 is 0. The first kappa shape index (κ1) is 24.6. The van der Waals surface area contributed by atoms with E-state index < -0.39 is 11.9 Å². The first-order chi connectivity index (χ1) is 18.1. The van der Waals surface area contributed by atoms with Gasteiger partial charge in [0.2, 0.25) is 0 Å². The van der Waals surface area contributed by atoms with Crippen molar-refractivity contribution < 1.29 is 19.1 Å². The van der Waals surface area contributed by atoms with Crippen LogP contribution in [-0.2, 0) is 27.4 Å². The normalized spacial score (nSPS) is 17.2. The van der Waals surface area contributed by atoms with E-state index in [4.69, 9.17) is 9.47 Å². The average molecular weight is 494 g/mol. The van der Waals surface area contributed by atoms with Crippen LogP contribution in [0.1, 0.15) is 48.8 Å². The molecule has 0 aromatic heterocycles. The zero-order chi connectivity index (χ0) is 25.6. The summed E-state index contributed by atoms with van der Waals surface area (Å²) < 4.78 is 12.0. The molecule has 1 aliphatic carbocycles. The number of Topliss-reactive ketones (excluding diaryl/α,β-unsaturated/α-hetero) is 1. The van der Waals surface area contributed by atoms with Crippen LogP contribution >= 0.6 is 0 Å². The molecule has 0 saturated carbocycles. The third kappa shape index (κ3) is 5.51. The van der Waals surface area contributed by atoms with Gasteiger partial charge in [0, 0.05) is 35.4 Å². The van der Waals surface area contributed by atoms with Gasteiger partial charge < -0.3 is 14.8 Å². The molecule has 0 unspecified atom stereocenters. The van der Waals surface area contributed by atoms with Gasteiger partial charge in [0.05, 0.1) is 18.1 Å². The molecule has 37 heavy (non-hydrogen) atoms. The maximum absolute atomic E-state index is 13.6. The van der Waals surface area contributed by atoms with E-state index in [2.05, 4.69) is 5.32 Å². The number of carbonyl (C=O) groups excluding carboxylic acids is 2. The largest absolute Gasteiger partial charge is 0.489 e. The molecule has 1 N–H and O–H groups in total. The number of rotatable bonds is 8. The van der Waals surface area contributed by atoms with Crippen LogP contribution in [0.3, 0.4) is 0 Å². The minimum Gasteiger partial charge on any atom is -0.489 e. The van der Waals surface area contributed by atoms with Gasteiger partial charge in [0.15, 0.2) is 5.78 Å². The smallest absolute Gasteiger partial charge is 0.336 e. The Morgan fingerprint density at radius 1 is 0.892 bits per heavy atom. The monoisotopic (exact) mass is 493 g/mol. The second kappa shape index (κ2) is 11.3. The van der Waals surface area contributed by atoms with Crippen LogP contribution in [0.15, 0.2) is 107 Å². The van der Waals surface area contributed by atoms with Gasteiger partial charge in [0.25, 0.3) is 0 Å². The molecule has 5 heteroatoms. The number of benzene rings is 3. The van der Waals surface area contributed by atoms with Crippen molar-refractivity contribution in [3.8, 4) is 5.75 Å². The Bertz CT molecular complexity index is 1340. The zero-order valence-electron chi connectivity index (χ0n) is 21.0. The van der Waals surface area contributed by atoms with Crippen molar-refractivity contribution in [2.24, 2.45) is 0 Å². The molecule has 1 atom stereocenters. The molecule has 1 aliphatic heterocycles. The molecule has 2 aliphatic rings. The topological polar surface area (TPSA) is 64.6 Å². The van der Waals surface area contributed by atoms with Gasteiger partial charge in [-0.3, -0.25) is 4.79 Å². The second-order valence-electron chi connectivity index (χ2n) is 9.45. The highest BCUT2D eigenvalue weighted by Crippen LogP contribution is 2.45. The fourth-order valence-corrected chi connectivity index (χ4v) is 5.13. The maximum Gasteiger partial charge on any atom is 0.336 e. The first-order valence-electron chi connectivity index (χ1n) is 12.8. The second-order valence-corrected chi connectivity index (χ2v) is 9.45. The summed E-state index contributed by atoms with van der Waals surface area (Å²) in [5.74, 6) is -0.224. The summed E-state index contributed by atoms with van der Waals surface area (Å²) in [6, 6.07) is 27.6. The summed E-state index contributed by atoms with van der Waals surface area (Å²) in [5, 5.41) is 3.36. The van der Waals surface area contributed by atoms with E-state index in [0.717, 1.165) is 40.9 Å². The number of para-hydroxylation sites is 1. The quantitative estimate of drug-likeness (QED) is 0.389. The Morgan fingerprint density at radius 2 is 1.57 bits per heavy atom. The Balaban J connectivity index is 1.46. The van der Waals surface area contributed by atoms with Crippen LogP contribution in [0.4, 0.5) is 0 Å². The first-order valence-corrected chi connectivity index (χ1v) is 12.8. The molecular formula is C32H31NO4. The molecule has 3 aromatic carbocycles.